The molecule has 5 heteroatoms. The molecule has 0 saturated heterocycles. The van der Waals surface area contributed by atoms with Gasteiger partial charge in [0.1, 0.15) is 0 Å². The summed E-state index contributed by atoms with van der Waals surface area (Å²) in [6.45, 7) is 4.98. The van der Waals surface area contributed by atoms with Gasteiger partial charge in [0, 0.05) is 13.7 Å². The van der Waals surface area contributed by atoms with Crippen LogP contribution in [0.5, 0.6) is 0 Å². The van der Waals surface area contributed by atoms with Crippen LogP contribution in [-0.4, -0.2) is 30.0 Å². The van der Waals surface area contributed by atoms with Crippen LogP contribution in [0.25, 0.3) is 0 Å². The van der Waals surface area contributed by atoms with Gasteiger partial charge in [0.05, 0.1) is 28.5 Å². The molecule has 2 unspecified atom stereocenters. The minimum absolute atomic E-state index is 0.105. The van der Waals surface area contributed by atoms with Crippen LogP contribution in [0.2, 0.25) is 0 Å². The van der Waals surface area contributed by atoms with Crippen LogP contribution in [0.3, 0.4) is 0 Å². The van der Waals surface area contributed by atoms with E-state index in [0.717, 1.165) is 16.7 Å². The summed E-state index contributed by atoms with van der Waals surface area (Å²) in [5.41, 5.74) is 1.13. The molecule has 1 rings (SSSR count). The molecule has 0 fully saturated rings. The Balaban J connectivity index is 3.04. The number of aryl methyl sites for hydroxylation is 1. The van der Waals surface area contributed by atoms with Crippen LogP contribution in [0, 0.1) is 0 Å². The van der Waals surface area contributed by atoms with Gasteiger partial charge in [-0.2, -0.15) is 5.10 Å². The van der Waals surface area contributed by atoms with E-state index in [4.69, 9.17) is 4.74 Å². The second kappa shape index (κ2) is 5.63. The van der Waals surface area contributed by atoms with E-state index in [1.54, 1.807) is 7.11 Å². The van der Waals surface area contributed by atoms with Crippen molar-refractivity contribution in [2.75, 3.05) is 14.2 Å². The van der Waals surface area contributed by atoms with Crippen LogP contribution >= 0.6 is 15.9 Å². The molecule has 86 valence electrons. The lowest BCUT2D eigenvalue weighted by Crippen LogP contribution is -2.31. The molecular weight excluding hydrogens is 258 g/mol. The highest BCUT2D eigenvalue weighted by Gasteiger charge is 2.23. The Bertz CT molecular complexity index is 314. The van der Waals surface area contributed by atoms with Gasteiger partial charge >= 0.3 is 0 Å². The maximum atomic E-state index is 5.36. The van der Waals surface area contributed by atoms with Crippen LogP contribution in [-0.2, 0) is 11.3 Å². The third-order valence-corrected chi connectivity index (χ3v) is 3.19. The Kier molecular flexibility index (Phi) is 4.76. The predicted octanol–water partition coefficient (Wildman–Crippen LogP) is 1.96. The Morgan fingerprint density at radius 3 is 2.80 bits per heavy atom. The molecular formula is C10H18BrN3O. The zero-order valence-electron chi connectivity index (χ0n) is 9.62. The minimum Gasteiger partial charge on any atom is -0.380 e. The summed E-state index contributed by atoms with van der Waals surface area (Å²) in [6.07, 6.45) is 1.93. The fourth-order valence-corrected chi connectivity index (χ4v) is 2.21. The van der Waals surface area contributed by atoms with Crippen molar-refractivity contribution < 1.29 is 4.74 Å². The van der Waals surface area contributed by atoms with E-state index < -0.39 is 0 Å². The van der Waals surface area contributed by atoms with Crippen molar-refractivity contribution in [3.63, 3.8) is 0 Å². The van der Waals surface area contributed by atoms with E-state index in [9.17, 15) is 0 Å². The molecule has 1 aromatic rings. The maximum absolute atomic E-state index is 5.36. The molecule has 0 amide bonds. The fraction of sp³-hybridized carbons (Fsp3) is 0.700. The molecule has 1 N–H and O–H groups in total. The van der Waals surface area contributed by atoms with Gasteiger partial charge in [0.25, 0.3) is 0 Å². The van der Waals surface area contributed by atoms with Gasteiger partial charge in [-0.25, -0.2) is 0 Å². The van der Waals surface area contributed by atoms with Gasteiger partial charge in [-0.05, 0) is 36.8 Å². The van der Waals surface area contributed by atoms with E-state index in [1.807, 2.05) is 24.9 Å². The largest absolute Gasteiger partial charge is 0.380 e. The third-order valence-electron chi connectivity index (χ3n) is 2.58. The normalized spacial score (nSPS) is 15.3. The van der Waals surface area contributed by atoms with Crippen molar-refractivity contribution in [3.8, 4) is 0 Å². The summed E-state index contributed by atoms with van der Waals surface area (Å²) < 4.78 is 8.35. The lowest BCUT2D eigenvalue weighted by atomic mass is 10.1. The molecule has 0 spiro atoms. The number of hydrogen-bond acceptors (Lipinski definition) is 3. The smallest absolute Gasteiger partial charge is 0.0764 e. The Hall–Kier alpha value is -0.390. The second-order valence-corrected chi connectivity index (χ2v) is 4.26. The minimum atomic E-state index is 0.105. The van der Waals surface area contributed by atoms with E-state index in [2.05, 4.69) is 33.3 Å². The molecule has 4 nitrogen and oxygen atoms in total. The van der Waals surface area contributed by atoms with E-state index >= 15 is 0 Å². The molecule has 1 heterocycles. The number of hydrogen-bond donors (Lipinski definition) is 1. The number of ether oxygens (including phenoxy) is 1. The topological polar surface area (TPSA) is 39.1 Å². The van der Waals surface area contributed by atoms with Crippen LogP contribution in [0.1, 0.15) is 25.6 Å². The fourth-order valence-electron chi connectivity index (χ4n) is 1.66. The van der Waals surface area contributed by atoms with Crippen molar-refractivity contribution >= 4 is 15.9 Å². The van der Waals surface area contributed by atoms with E-state index in [-0.39, 0.29) is 12.1 Å². The summed E-state index contributed by atoms with van der Waals surface area (Å²) in [6, 6.07) is 0.145. The average molecular weight is 276 g/mol. The summed E-state index contributed by atoms with van der Waals surface area (Å²) in [7, 11) is 3.65. The zero-order valence-corrected chi connectivity index (χ0v) is 11.2. The van der Waals surface area contributed by atoms with Crippen molar-refractivity contribution in [2.45, 2.75) is 32.5 Å². The van der Waals surface area contributed by atoms with E-state index in [1.165, 1.54) is 0 Å². The quantitative estimate of drug-likeness (QED) is 0.893. The number of nitrogens with one attached hydrogen (secondary N) is 1. The Morgan fingerprint density at radius 1 is 1.67 bits per heavy atom. The lowest BCUT2D eigenvalue weighted by Gasteiger charge is -2.23. The highest BCUT2D eigenvalue weighted by atomic mass is 79.9. The number of halogens is 1. The third kappa shape index (κ3) is 2.59. The number of rotatable bonds is 5. The van der Waals surface area contributed by atoms with Crippen molar-refractivity contribution in [1.29, 1.82) is 0 Å². The van der Waals surface area contributed by atoms with Gasteiger partial charge in [0.15, 0.2) is 0 Å². The number of likely N-dealkylation sites (N-methyl/N-ethyl adjacent to an activating group) is 1. The highest BCUT2D eigenvalue weighted by molar-refractivity contribution is 9.10. The first kappa shape index (κ1) is 12.7. The van der Waals surface area contributed by atoms with Crippen LogP contribution < -0.4 is 5.32 Å². The first-order chi connectivity index (χ1) is 7.15. The van der Waals surface area contributed by atoms with Gasteiger partial charge in [-0.3, -0.25) is 4.68 Å². The molecule has 0 aromatic carbocycles. The molecule has 0 bridgehead atoms. The van der Waals surface area contributed by atoms with E-state index in [0.29, 0.717) is 0 Å². The molecule has 0 saturated carbocycles. The Morgan fingerprint density at radius 2 is 2.33 bits per heavy atom. The lowest BCUT2D eigenvalue weighted by molar-refractivity contribution is 0.0825. The monoisotopic (exact) mass is 275 g/mol. The zero-order chi connectivity index (χ0) is 11.4. The summed E-state index contributed by atoms with van der Waals surface area (Å²) in [4.78, 5) is 0. The number of aromatic nitrogens is 2. The summed E-state index contributed by atoms with van der Waals surface area (Å²) >= 11 is 3.52. The number of methoxy groups -OCH3 is 1. The van der Waals surface area contributed by atoms with Crippen molar-refractivity contribution in [3.05, 3.63) is 16.4 Å². The van der Waals surface area contributed by atoms with Gasteiger partial charge in [-0.15, -0.1) is 0 Å². The predicted molar refractivity (Wildman–Crippen MR) is 63.9 cm³/mol. The molecule has 2 atom stereocenters. The standard InChI is InChI=1S/C10H18BrN3O/c1-5-14-10(8(11)6-13-14)9(12-3)7(2)15-4/h6-7,9,12H,5H2,1-4H3. The SMILES string of the molecule is CCn1ncc(Br)c1C(NC)C(C)OC. The average Bonchev–Trinajstić information content (AvgIpc) is 2.61. The van der Waals surface area contributed by atoms with Gasteiger partial charge < -0.3 is 10.1 Å². The first-order valence-electron chi connectivity index (χ1n) is 5.06. The number of nitrogens with zero attached hydrogens (tertiary/aromatic N) is 2. The first-order valence-corrected chi connectivity index (χ1v) is 5.86. The van der Waals surface area contributed by atoms with Gasteiger partial charge in [0.2, 0.25) is 0 Å². The van der Waals surface area contributed by atoms with Crippen molar-refractivity contribution in [2.24, 2.45) is 0 Å². The molecule has 0 aliphatic rings. The van der Waals surface area contributed by atoms with Crippen molar-refractivity contribution in [1.82, 2.24) is 15.1 Å². The second-order valence-electron chi connectivity index (χ2n) is 3.40. The molecule has 0 radical (unpaired) electrons. The van der Waals surface area contributed by atoms with Gasteiger partial charge in [-0.1, -0.05) is 0 Å². The highest BCUT2D eigenvalue weighted by Crippen LogP contribution is 2.26. The van der Waals surface area contributed by atoms with Crippen LogP contribution in [0.15, 0.2) is 10.7 Å². The molecule has 0 aliphatic carbocycles. The molecule has 0 aliphatic heterocycles. The summed E-state index contributed by atoms with van der Waals surface area (Å²) in [5.74, 6) is 0. The van der Waals surface area contributed by atoms with Crippen LogP contribution in [0.4, 0.5) is 0 Å². The molecule has 15 heavy (non-hydrogen) atoms. The summed E-state index contributed by atoms with van der Waals surface area (Å²) in [5, 5.41) is 7.55. The molecule has 1 aromatic heterocycles. The Labute approximate surface area is 99.1 Å². The maximum Gasteiger partial charge on any atom is 0.0764 e.